The number of imidazole rings is 1. The topological polar surface area (TPSA) is 56.5 Å². The molecule has 276 valence electrons. The van der Waals surface area contributed by atoms with Crippen molar-refractivity contribution in [2.45, 2.75) is 0 Å². The van der Waals surface area contributed by atoms with Crippen molar-refractivity contribution in [1.29, 1.82) is 0 Å². The molecule has 0 aliphatic heterocycles. The molecule has 0 N–H and O–H groups in total. The van der Waals surface area contributed by atoms with Gasteiger partial charge < -0.3 is 0 Å². The average Bonchev–Trinajstić information content (AvgIpc) is 3.72. The standard InChI is InChI=1S/C54H35N5/c1-6-18-37(19-7-1)49-47(50(38-20-8-2-9-21-38)57-53(56-49)40-22-10-3-11-23-40)36-30-32-39(33-31-36)51-48-44(43-28-16-17-29-45(43)55-51)34-35-46-52(48)58-54(41-24-12-4-13-25-41)59(46)42-26-14-5-15-27-42/h1-35H. The molecule has 0 bridgehead atoms. The zero-order valence-electron chi connectivity index (χ0n) is 31.9. The number of aromatic nitrogens is 5. The largest absolute Gasteiger partial charge is 0.292 e. The molecule has 3 aromatic heterocycles. The van der Waals surface area contributed by atoms with E-state index in [1.165, 1.54) is 0 Å². The second-order valence-corrected chi connectivity index (χ2v) is 14.6. The highest BCUT2D eigenvalue weighted by atomic mass is 15.1. The Labute approximate surface area is 341 Å². The fraction of sp³-hybridized carbons (Fsp3) is 0. The lowest BCUT2D eigenvalue weighted by atomic mass is 9.92. The summed E-state index contributed by atoms with van der Waals surface area (Å²) >= 11 is 0. The summed E-state index contributed by atoms with van der Waals surface area (Å²) in [6, 6.07) is 73.5. The van der Waals surface area contributed by atoms with Crippen molar-refractivity contribution in [3.63, 3.8) is 0 Å². The molecule has 0 fully saturated rings. The van der Waals surface area contributed by atoms with Crippen LogP contribution in [0.15, 0.2) is 212 Å². The van der Waals surface area contributed by atoms with E-state index < -0.39 is 0 Å². The highest BCUT2D eigenvalue weighted by Crippen LogP contribution is 2.43. The summed E-state index contributed by atoms with van der Waals surface area (Å²) in [6.45, 7) is 0. The number of fused-ring (bicyclic) bond motifs is 5. The Morgan fingerprint density at radius 1 is 0.322 bits per heavy atom. The third kappa shape index (κ3) is 6.04. The van der Waals surface area contributed by atoms with Gasteiger partial charge in [0.15, 0.2) is 5.82 Å². The van der Waals surface area contributed by atoms with Gasteiger partial charge in [0.2, 0.25) is 0 Å². The quantitative estimate of drug-likeness (QED) is 0.152. The number of nitrogens with zero attached hydrogens (tertiary/aromatic N) is 5. The van der Waals surface area contributed by atoms with Crippen molar-refractivity contribution in [2.24, 2.45) is 0 Å². The molecule has 0 atom stereocenters. The third-order valence-corrected chi connectivity index (χ3v) is 11.0. The van der Waals surface area contributed by atoms with E-state index in [0.717, 1.165) is 100 Å². The minimum Gasteiger partial charge on any atom is -0.292 e. The smallest absolute Gasteiger partial charge is 0.160 e. The summed E-state index contributed by atoms with van der Waals surface area (Å²) in [4.78, 5) is 21.5. The SMILES string of the molecule is c1ccc(-c2nc(-c3ccccc3)c(-c3ccc(-c4nc5ccccc5c5ccc6c(nc(-c7ccccc7)n6-c6ccccc6)c45)cc3)c(-c3ccccc3)n2)cc1. The van der Waals surface area contributed by atoms with Crippen molar-refractivity contribution in [3.05, 3.63) is 212 Å². The molecule has 8 aromatic carbocycles. The Morgan fingerprint density at radius 2 is 0.814 bits per heavy atom. The lowest BCUT2D eigenvalue weighted by Crippen LogP contribution is -2.01. The number of hydrogen-bond acceptors (Lipinski definition) is 4. The lowest BCUT2D eigenvalue weighted by molar-refractivity contribution is 1.10. The van der Waals surface area contributed by atoms with Crippen LogP contribution in [0.1, 0.15) is 0 Å². The van der Waals surface area contributed by atoms with Crippen LogP contribution in [0.4, 0.5) is 0 Å². The molecule has 3 heterocycles. The van der Waals surface area contributed by atoms with Crippen LogP contribution in [0.25, 0.3) is 106 Å². The molecule has 0 saturated carbocycles. The summed E-state index contributed by atoms with van der Waals surface area (Å²) in [5, 5.41) is 3.23. The summed E-state index contributed by atoms with van der Waals surface area (Å²) in [6.07, 6.45) is 0. The molecule has 0 unspecified atom stereocenters. The zero-order valence-corrected chi connectivity index (χ0v) is 31.9. The lowest BCUT2D eigenvalue weighted by Gasteiger charge is -2.17. The molecule has 0 aliphatic rings. The number of para-hydroxylation sites is 2. The van der Waals surface area contributed by atoms with Gasteiger partial charge in [0.1, 0.15) is 5.82 Å². The van der Waals surface area contributed by atoms with E-state index in [9.17, 15) is 0 Å². The predicted octanol–water partition coefficient (Wildman–Crippen LogP) is 13.5. The maximum absolute atomic E-state index is 5.48. The van der Waals surface area contributed by atoms with Crippen LogP contribution in [0.5, 0.6) is 0 Å². The van der Waals surface area contributed by atoms with Gasteiger partial charge >= 0.3 is 0 Å². The highest BCUT2D eigenvalue weighted by Gasteiger charge is 2.23. The number of rotatable bonds is 7. The maximum Gasteiger partial charge on any atom is 0.160 e. The van der Waals surface area contributed by atoms with Gasteiger partial charge in [0.25, 0.3) is 0 Å². The van der Waals surface area contributed by atoms with Crippen molar-refractivity contribution in [3.8, 4) is 73.4 Å². The van der Waals surface area contributed by atoms with Crippen molar-refractivity contribution < 1.29 is 0 Å². The van der Waals surface area contributed by atoms with E-state index in [1.807, 2.05) is 42.5 Å². The Balaban J connectivity index is 1.16. The molecule has 0 aliphatic carbocycles. The summed E-state index contributed by atoms with van der Waals surface area (Å²) in [7, 11) is 0. The maximum atomic E-state index is 5.48. The van der Waals surface area contributed by atoms with E-state index in [1.54, 1.807) is 0 Å². The van der Waals surface area contributed by atoms with Crippen LogP contribution >= 0.6 is 0 Å². The van der Waals surface area contributed by atoms with Crippen LogP contribution in [-0.2, 0) is 0 Å². The Kier molecular flexibility index (Phi) is 8.41. The monoisotopic (exact) mass is 753 g/mol. The molecular weight excluding hydrogens is 719 g/mol. The molecule has 0 radical (unpaired) electrons. The van der Waals surface area contributed by atoms with Gasteiger partial charge in [-0.15, -0.1) is 0 Å². The third-order valence-electron chi connectivity index (χ3n) is 11.0. The van der Waals surface area contributed by atoms with E-state index in [4.69, 9.17) is 19.9 Å². The Hall–Kier alpha value is -8.02. The molecular formula is C54H35N5. The fourth-order valence-electron chi connectivity index (χ4n) is 8.27. The minimum atomic E-state index is 0.685. The van der Waals surface area contributed by atoms with Gasteiger partial charge in [-0.1, -0.05) is 188 Å². The normalized spacial score (nSPS) is 11.4. The number of pyridine rings is 1. The first-order chi connectivity index (χ1) is 29.3. The van der Waals surface area contributed by atoms with Crippen molar-refractivity contribution in [2.75, 3.05) is 0 Å². The first-order valence-electron chi connectivity index (χ1n) is 19.8. The molecule has 0 amide bonds. The minimum absolute atomic E-state index is 0.685. The predicted molar refractivity (Wildman–Crippen MR) is 242 cm³/mol. The van der Waals surface area contributed by atoms with E-state index in [-0.39, 0.29) is 0 Å². The van der Waals surface area contributed by atoms with Gasteiger partial charge in [0.05, 0.1) is 33.6 Å². The molecule has 59 heavy (non-hydrogen) atoms. The van der Waals surface area contributed by atoms with E-state index >= 15 is 0 Å². The van der Waals surface area contributed by atoms with E-state index in [0.29, 0.717) is 5.82 Å². The molecule has 0 spiro atoms. The molecule has 11 rings (SSSR count). The van der Waals surface area contributed by atoms with Gasteiger partial charge in [0, 0.05) is 49.8 Å². The van der Waals surface area contributed by atoms with Gasteiger partial charge in [-0.3, -0.25) is 4.57 Å². The van der Waals surface area contributed by atoms with Gasteiger partial charge in [-0.05, 0) is 35.2 Å². The van der Waals surface area contributed by atoms with Gasteiger partial charge in [-0.25, -0.2) is 19.9 Å². The van der Waals surface area contributed by atoms with Crippen LogP contribution in [0.3, 0.4) is 0 Å². The Bertz CT molecular complexity index is 3210. The summed E-state index contributed by atoms with van der Waals surface area (Å²) < 4.78 is 2.27. The van der Waals surface area contributed by atoms with E-state index in [2.05, 4.69) is 174 Å². The summed E-state index contributed by atoms with van der Waals surface area (Å²) in [5.74, 6) is 1.57. The van der Waals surface area contributed by atoms with Gasteiger partial charge in [-0.2, -0.15) is 0 Å². The highest BCUT2D eigenvalue weighted by molar-refractivity contribution is 6.20. The van der Waals surface area contributed by atoms with Crippen LogP contribution < -0.4 is 0 Å². The molecule has 5 nitrogen and oxygen atoms in total. The number of hydrogen-bond donors (Lipinski definition) is 0. The average molecular weight is 754 g/mol. The van der Waals surface area contributed by atoms with Crippen molar-refractivity contribution in [1.82, 2.24) is 24.5 Å². The van der Waals surface area contributed by atoms with Crippen LogP contribution in [0, 0.1) is 0 Å². The first kappa shape index (κ1) is 34.2. The molecule has 0 saturated heterocycles. The second kappa shape index (κ2) is 14.5. The summed E-state index contributed by atoms with van der Waals surface area (Å²) in [5.41, 5.74) is 13.6. The fourth-order valence-corrected chi connectivity index (χ4v) is 8.27. The van der Waals surface area contributed by atoms with Crippen LogP contribution in [-0.4, -0.2) is 24.5 Å². The van der Waals surface area contributed by atoms with Crippen molar-refractivity contribution >= 4 is 32.7 Å². The first-order valence-corrected chi connectivity index (χ1v) is 19.8. The molecule has 5 heteroatoms. The zero-order chi connectivity index (χ0) is 39.1. The second-order valence-electron chi connectivity index (χ2n) is 14.6. The Morgan fingerprint density at radius 3 is 1.42 bits per heavy atom. The molecule has 11 aromatic rings. The van der Waals surface area contributed by atoms with Crippen LogP contribution in [0.2, 0.25) is 0 Å². The number of benzene rings is 8.